The van der Waals surface area contributed by atoms with Crippen molar-refractivity contribution in [3.05, 3.63) is 23.7 Å². The van der Waals surface area contributed by atoms with Crippen molar-refractivity contribution < 1.29 is 19.1 Å². The Morgan fingerprint density at radius 2 is 2.00 bits per heavy atom. The highest BCUT2D eigenvalue weighted by atomic mass is 16.4. The largest absolute Gasteiger partial charge is 0.475 e. The van der Waals surface area contributed by atoms with Gasteiger partial charge in [0.15, 0.2) is 5.76 Å². The third-order valence-corrected chi connectivity index (χ3v) is 3.43. The van der Waals surface area contributed by atoms with Crippen molar-refractivity contribution in [2.75, 3.05) is 6.54 Å². The van der Waals surface area contributed by atoms with Crippen LogP contribution in [0.25, 0.3) is 0 Å². The number of hydrogen-bond acceptors (Lipinski definition) is 3. The lowest BCUT2D eigenvalue weighted by atomic mass is 9.93. The zero-order chi connectivity index (χ0) is 13.3. The van der Waals surface area contributed by atoms with Crippen molar-refractivity contribution in [2.45, 2.75) is 32.7 Å². The van der Waals surface area contributed by atoms with Gasteiger partial charge in [0.2, 0.25) is 5.76 Å². The number of aromatic carboxylic acids is 1. The predicted octanol–water partition coefficient (Wildman–Crippen LogP) is 2.24. The first-order chi connectivity index (χ1) is 8.49. The number of furan rings is 1. The highest BCUT2D eigenvalue weighted by Gasteiger charge is 2.29. The van der Waals surface area contributed by atoms with E-state index in [4.69, 9.17) is 9.52 Å². The molecule has 2 heterocycles. The van der Waals surface area contributed by atoms with E-state index in [1.165, 1.54) is 12.1 Å². The molecule has 1 aromatic heterocycles. The topological polar surface area (TPSA) is 70.8 Å². The molecule has 1 N–H and O–H groups in total. The molecule has 1 amide bonds. The first kappa shape index (κ1) is 12.7. The van der Waals surface area contributed by atoms with E-state index < -0.39 is 5.97 Å². The zero-order valence-electron chi connectivity index (χ0n) is 10.5. The van der Waals surface area contributed by atoms with E-state index in [-0.39, 0.29) is 23.5 Å². The maximum atomic E-state index is 12.2. The molecule has 1 saturated heterocycles. The van der Waals surface area contributed by atoms with E-state index in [2.05, 4.69) is 6.92 Å². The monoisotopic (exact) mass is 251 g/mol. The van der Waals surface area contributed by atoms with Gasteiger partial charge in [-0.15, -0.1) is 0 Å². The van der Waals surface area contributed by atoms with E-state index in [9.17, 15) is 9.59 Å². The number of carboxylic acid groups (broad SMARTS) is 1. The molecule has 5 heteroatoms. The van der Waals surface area contributed by atoms with Crippen molar-refractivity contribution >= 4 is 11.9 Å². The summed E-state index contributed by atoms with van der Waals surface area (Å²) < 4.78 is 5.04. The molecule has 1 fully saturated rings. The number of likely N-dealkylation sites (tertiary alicyclic amines) is 1. The van der Waals surface area contributed by atoms with Gasteiger partial charge in [-0.2, -0.15) is 0 Å². The minimum Gasteiger partial charge on any atom is -0.475 e. The number of nitrogens with zero attached hydrogens (tertiary/aromatic N) is 1. The van der Waals surface area contributed by atoms with Crippen LogP contribution < -0.4 is 0 Å². The summed E-state index contributed by atoms with van der Waals surface area (Å²) in [7, 11) is 0. The van der Waals surface area contributed by atoms with Crippen LogP contribution in [-0.2, 0) is 0 Å². The highest BCUT2D eigenvalue weighted by Crippen LogP contribution is 2.24. The molecule has 5 nitrogen and oxygen atoms in total. The molecule has 0 aliphatic carbocycles. The highest BCUT2D eigenvalue weighted by molar-refractivity contribution is 5.93. The maximum Gasteiger partial charge on any atom is 0.371 e. The Morgan fingerprint density at radius 3 is 2.56 bits per heavy atom. The molecule has 2 atom stereocenters. The summed E-state index contributed by atoms with van der Waals surface area (Å²) >= 11 is 0. The lowest BCUT2D eigenvalue weighted by molar-refractivity contribution is 0.0548. The summed E-state index contributed by atoms with van der Waals surface area (Å²) in [6, 6.07) is 2.91. The predicted molar refractivity (Wildman–Crippen MR) is 64.6 cm³/mol. The van der Waals surface area contributed by atoms with Gasteiger partial charge >= 0.3 is 5.97 Å². The normalized spacial score (nSPS) is 24.0. The van der Waals surface area contributed by atoms with Crippen LogP contribution in [0.1, 0.15) is 47.8 Å². The molecule has 0 bridgehead atoms. The summed E-state index contributed by atoms with van der Waals surface area (Å²) in [5.41, 5.74) is 0. The number of amides is 1. The van der Waals surface area contributed by atoms with Crippen LogP contribution in [0.15, 0.2) is 16.5 Å². The van der Waals surface area contributed by atoms with E-state index in [1.807, 2.05) is 6.92 Å². The molecule has 2 rings (SSSR count). The van der Waals surface area contributed by atoms with Crippen molar-refractivity contribution in [1.82, 2.24) is 4.90 Å². The Balaban J connectivity index is 2.13. The van der Waals surface area contributed by atoms with Crippen molar-refractivity contribution in [2.24, 2.45) is 5.92 Å². The smallest absolute Gasteiger partial charge is 0.371 e. The van der Waals surface area contributed by atoms with Gasteiger partial charge < -0.3 is 14.4 Å². The van der Waals surface area contributed by atoms with Crippen LogP contribution in [0.3, 0.4) is 0 Å². The van der Waals surface area contributed by atoms with Crippen LogP contribution in [0, 0.1) is 5.92 Å². The SMILES string of the molecule is CC1CCN(C(=O)c2ccc(C(=O)O)o2)C(C)C1. The van der Waals surface area contributed by atoms with Gasteiger partial charge in [0, 0.05) is 12.6 Å². The standard InChI is InChI=1S/C13H17NO4/c1-8-5-6-14(9(2)7-8)12(15)10-3-4-11(18-10)13(16)17/h3-4,8-9H,5-7H2,1-2H3,(H,16,17). The quantitative estimate of drug-likeness (QED) is 0.875. The van der Waals surface area contributed by atoms with Gasteiger partial charge in [0.25, 0.3) is 5.91 Å². The summed E-state index contributed by atoms with van der Waals surface area (Å²) in [5.74, 6) is -0.850. The van der Waals surface area contributed by atoms with Crippen molar-refractivity contribution in [3.8, 4) is 0 Å². The molecule has 1 aliphatic heterocycles. The number of hydrogen-bond donors (Lipinski definition) is 1. The molecule has 2 unspecified atom stereocenters. The second kappa shape index (κ2) is 4.84. The molecular formula is C13H17NO4. The average Bonchev–Trinajstić information content (AvgIpc) is 2.77. The van der Waals surface area contributed by atoms with E-state index >= 15 is 0 Å². The Hall–Kier alpha value is -1.78. The maximum absolute atomic E-state index is 12.2. The van der Waals surface area contributed by atoms with Crippen molar-refractivity contribution in [1.29, 1.82) is 0 Å². The van der Waals surface area contributed by atoms with E-state index in [1.54, 1.807) is 4.90 Å². The number of piperidine rings is 1. The van der Waals surface area contributed by atoms with E-state index in [0.29, 0.717) is 12.5 Å². The molecule has 0 saturated carbocycles. The van der Waals surface area contributed by atoms with Crippen molar-refractivity contribution in [3.63, 3.8) is 0 Å². The molecule has 98 valence electrons. The van der Waals surface area contributed by atoms with Gasteiger partial charge in [-0.25, -0.2) is 4.79 Å². The Labute approximate surface area is 105 Å². The lowest BCUT2D eigenvalue weighted by Crippen LogP contribution is -2.44. The van der Waals surface area contributed by atoms with Gasteiger partial charge in [-0.1, -0.05) is 6.92 Å². The number of carboxylic acids is 1. The zero-order valence-corrected chi connectivity index (χ0v) is 10.5. The van der Waals surface area contributed by atoms with Crippen LogP contribution in [0.5, 0.6) is 0 Å². The molecule has 0 aromatic carbocycles. The average molecular weight is 251 g/mol. The first-order valence-corrected chi connectivity index (χ1v) is 6.13. The van der Waals surface area contributed by atoms with Gasteiger partial charge in [0.05, 0.1) is 0 Å². The fourth-order valence-electron chi connectivity index (χ4n) is 2.42. The van der Waals surface area contributed by atoms with Gasteiger partial charge in [-0.3, -0.25) is 4.79 Å². The van der Waals surface area contributed by atoms with Crippen LogP contribution in [-0.4, -0.2) is 34.5 Å². The van der Waals surface area contributed by atoms with Crippen LogP contribution in [0.4, 0.5) is 0 Å². The Bertz CT molecular complexity index is 465. The minimum absolute atomic E-state index is 0.105. The molecule has 0 radical (unpaired) electrons. The summed E-state index contributed by atoms with van der Waals surface area (Å²) in [6.07, 6.45) is 1.95. The second-order valence-electron chi connectivity index (χ2n) is 4.95. The van der Waals surface area contributed by atoms with E-state index in [0.717, 1.165) is 12.8 Å². The molecule has 0 spiro atoms. The molecule has 1 aliphatic rings. The third-order valence-electron chi connectivity index (χ3n) is 3.43. The van der Waals surface area contributed by atoms with Gasteiger partial charge in [0.1, 0.15) is 0 Å². The second-order valence-corrected chi connectivity index (χ2v) is 4.95. The third kappa shape index (κ3) is 2.39. The fraction of sp³-hybridized carbons (Fsp3) is 0.538. The number of carbonyl (C=O) groups is 2. The first-order valence-electron chi connectivity index (χ1n) is 6.13. The summed E-state index contributed by atoms with van der Waals surface area (Å²) in [4.78, 5) is 24.6. The molecule has 18 heavy (non-hydrogen) atoms. The Kier molecular flexibility index (Phi) is 3.41. The van der Waals surface area contributed by atoms with Gasteiger partial charge in [-0.05, 0) is 37.8 Å². The fourth-order valence-corrected chi connectivity index (χ4v) is 2.42. The number of carbonyl (C=O) groups excluding carboxylic acids is 1. The number of rotatable bonds is 2. The molecule has 1 aromatic rings. The summed E-state index contributed by atoms with van der Waals surface area (Å²) in [5, 5.41) is 8.76. The summed E-state index contributed by atoms with van der Waals surface area (Å²) in [6.45, 7) is 4.88. The minimum atomic E-state index is -1.16. The van der Waals surface area contributed by atoms with Crippen LogP contribution >= 0.6 is 0 Å². The van der Waals surface area contributed by atoms with Crippen LogP contribution in [0.2, 0.25) is 0 Å². The lowest BCUT2D eigenvalue weighted by Gasteiger charge is -2.35. The molecular weight excluding hydrogens is 234 g/mol. The Morgan fingerprint density at radius 1 is 1.33 bits per heavy atom.